The average Bonchev–Trinajstić information content (AvgIpc) is 2.54. The Kier molecular flexibility index (Phi) is 9.48. The van der Waals surface area contributed by atoms with Crippen LogP contribution in [-0.2, 0) is 0 Å². The SMILES string of the molecule is CC(CN=C(N)Nc1ccc(OC(F)(F)F)cc1)CN1CCCCC1.I. The van der Waals surface area contributed by atoms with Crippen molar-refractivity contribution in [3.8, 4) is 5.75 Å². The molecule has 1 saturated heterocycles. The number of nitrogens with zero attached hydrogens (tertiary/aromatic N) is 2. The Morgan fingerprint density at radius 2 is 1.85 bits per heavy atom. The summed E-state index contributed by atoms with van der Waals surface area (Å²) in [6.07, 6.45) is -0.867. The summed E-state index contributed by atoms with van der Waals surface area (Å²) in [5.41, 5.74) is 6.40. The van der Waals surface area contributed by atoms with Gasteiger partial charge in [0.15, 0.2) is 5.96 Å². The molecule has 3 N–H and O–H groups in total. The number of benzene rings is 1. The molecule has 1 aliphatic rings. The number of halogens is 4. The van der Waals surface area contributed by atoms with E-state index in [9.17, 15) is 13.2 Å². The molecule has 0 amide bonds. The van der Waals surface area contributed by atoms with E-state index in [0.717, 1.165) is 19.6 Å². The summed E-state index contributed by atoms with van der Waals surface area (Å²) < 4.78 is 40.2. The Labute approximate surface area is 169 Å². The molecule has 0 aromatic heterocycles. The summed E-state index contributed by atoms with van der Waals surface area (Å²) in [7, 11) is 0. The molecule has 26 heavy (non-hydrogen) atoms. The van der Waals surface area contributed by atoms with Crippen LogP contribution in [0.15, 0.2) is 29.3 Å². The highest BCUT2D eigenvalue weighted by Gasteiger charge is 2.30. The van der Waals surface area contributed by atoms with Gasteiger partial charge in [-0.3, -0.25) is 4.99 Å². The smallest absolute Gasteiger partial charge is 0.406 e. The van der Waals surface area contributed by atoms with Crippen LogP contribution < -0.4 is 15.8 Å². The monoisotopic (exact) mass is 486 g/mol. The first-order chi connectivity index (χ1) is 11.8. The summed E-state index contributed by atoms with van der Waals surface area (Å²) in [5, 5.41) is 2.87. The molecular formula is C17H26F3IN4O. The number of piperidine rings is 1. The molecule has 1 fully saturated rings. The van der Waals surface area contributed by atoms with E-state index in [-0.39, 0.29) is 35.7 Å². The van der Waals surface area contributed by atoms with Gasteiger partial charge in [-0.25, -0.2) is 0 Å². The van der Waals surface area contributed by atoms with E-state index in [2.05, 4.69) is 26.9 Å². The molecule has 1 atom stereocenters. The first-order valence-corrected chi connectivity index (χ1v) is 8.47. The minimum atomic E-state index is -4.69. The fourth-order valence-electron chi connectivity index (χ4n) is 2.82. The number of nitrogens with one attached hydrogen (secondary N) is 1. The zero-order valence-electron chi connectivity index (χ0n) is 14.8. The average molecular weight is 486 g/mol. The second-order valence-electron chi connectivity index (χ2n) is 6.39. The number of alkyl halides is 3. The topological polar surface area (TPSA) is 62.9 Å². The van der Waals surface area contributed by atoms with Gasteiger partial charge in [0.25, 0.3) is 0 Å². The fourth-order valence-corrected chi connectivity index (χ4v) is 2.82. The van der Waals surface area contributed by atoms with E-state index in [0.29, 0.717) is 18.2 Å². The molecule has 9 heteroatoms. The fraction of sp³-hybridized carbons (Fsp3) is 0.588. The van der Waals surface area contributed by atoms with Gasteiger partial charge in [-0.15, -0.1) is 37.1 Å². The molecule has 0 spiro atoms. The normalized spacial score (nSPS) is 17.3. The predicted molar refractivity (Wildman–Crippen MR) is 108 cm³/mol. The van der Waals surface area contributed by atoms with Gasteiger partial charge in [0.2, 0.25) is 0 Å². The Hall–Kier alpha value is -1.23. The molecule has 1 aliphatic heterocycles. The van der Waals surface area contributed by atoms with Gasteiger partial charge >= 0.3 is 6.36 Å². The predicted octanol–water partition coefficient (Wildman–Crippen LogP) is 4.05. The number of ether oxygens (including phenoxy) is 1. The number of hydrogen-bond donors (Lipinski definition) is 2. The van der Waals surface area contributed by atoms with Crippen LogP contribution in [0, 0.1) is 5.92 Å². The number of guanidine groups is 1. The Morgan fingerprint density at radius 3 is 2.42 bits per heavy atom. The summed E-state index contributed by atoms with van der Waals surface area (Å²) in [5.74, 6) is 0.361. The lowest BCUT2D eigenvalue weighted by Gasteiger charge is -2.28. The van der Waals surface area contributed by atoms with Crippen LogP contribution in [0.1, 0.15) is 26.2 Å². The molecule has 0 saturated carbocycles. The summed E-state index contributed by atoms with van der Waals surface area (Å²) >= 11 is 0. The van der Waals surface area contributed by atoms with Gasteiger partial charge in [0.1, 0.15) is 5.75 Å². The third-order valence-electron chi connectivity index (χ3n) is 3.95. The third kappa shape index (κ3) is 8.93. The molecule has 1 unspecified atom stereocenters. The van der Waals surface area contributed by atoms with Crippen molar-refractivity contribution in [2.24, 2.45) is 16.6 Å². The maximum absolute atomic E-state index is 12.1. The highest BCUT2D eigenvalue weighted by molar-refractivity contribution is 14.0. The first-order valence-electron chi connectivity index (χ1n) is 8.47. The highest BCUT2D eigenvalue weighted by Crippen LogP contribution is 2.23. The molecule has 5 nitrogen and oxygen atoms in total. The van der Waals surface area contributed by atoms with Gasteiger partial charge < -0.3 is 20.7 Å². The number of nitrogens with two attached hydrogens (primary N) is 1. The number of rotatable bonds is 6. The van der Waals surface area contributed by atoms with Crippen molar-refractivity contribution in [2.45, 2.75) is 32.5 Å². The van der Waals surface area contributed by atoms with Crippen LogP contribution in [0.5, 0.6) is 5.75 Å². The van der Waals surface area contributed by atoms with Gasteiger partial charge in [0.05, 0.1) is 0 Å². The molecule has 0 radical (unpaired) electrons. The first kappa shape index (κ1) is 22.8. The summed E-state index contributed by atoms with van der Waals surface area (Å²) in [6.45, 7) is 6.03. The van der Waals surface area contributed by atoms with E-state index in [4.69, 9.17) is 5.73 Å². The minimum Gasteiger partial charge on any atom is -0.406 e. The number of likely N-dealkylation sites (tertiary alicyclic amines) is 1. The van der Waals surface area contributed by atoms with Crippen molar-refractivity contribution in [3.05, 3.63) is 24.3 Å². The molecule has 1 aromatic rings. The maximum atomic E-state index is 12.1. The van der Waals surface area contributed by atoms with Gasteiger partial charge in [-0.05, 0) is 56.1 Å². The van der Waals surface area contributed by atoms with E-state index in [1.807, 2.05) is 0 Å². The highest BCUT2D eigenvalue weighted by atomic mass is 127. The quantitative estimate of drug-likeness (QED) is 0.362. The Morgan fingerprint density at radius 1 is 1.23 bits per heavy atom. The van der Waals surface area contributed by atoms with Gasteiger partial charge in [-0.1, -0.05) is 13.3 Å². The van der Waals surface area contributed by atoms with Crippen LogP contribution >= 0.6 is 24.0 Å². The molecule has 1 aromatic carbocycles. The molecule has 2 rings (SSSR count). The molecule has 0 aliphatic carbocycles. The van der Waals surface area contributed by atoms with Crippen molar-refractivity contribution >= 4 is 35.6 Å². The largest absolute Gasteiger partial charge is 0.573 e. The van der Waals surface area contributed by atoms with E-state index >= 15 is 0 Å². The van der Waals surface area contributed by atoms with Crippen LogP contribution in [0.25, 0.3) is 0 Å². The zero-order valence-corrected chi connectivity index (χ0v) is 17.1. The van der Waals surface area contributed by atoms with Gasteiger partial charge in [0, 0.05) is 18.8 Å². The van der Waals surface area contributed by atoms with Crippen molar-refractivity contribution in [3.63, 3.8) is 0 Å². The number of anilines is 1. The van der Waals surface area contributed by atoms with Crippen molar-refractivity contribution in [1.29, 1.82) is 0 Å². The Bertz CT molecular complexity index is 560. The second-order valence-corrected chi connectivity index (χ2v) is 6.39. The third-order valence-corrected chi connectivity index (χ3v) is 3.95. The molecule has 148 valence electrons. The lowest BCUT2D eigenvalue weighted by Crippen LogP contribution is -2.34. The number of aliphatic imine (C=N–C) groups is 1. The Balaban J connectivity index is 0.00000338. The second kappa shape index (κ2) is 10.8. The summed E-state index contributed by atoms with van der Waals surface area (Å²) in [4.78, 5) is 6.76. The summed E-state index contributed by atoms with van der Waals surface area (Å²) in [6, 6.07) is 5.37. The zero-order chi connectivity index (χ0) is 18.3. The van der Waals surface area contributed by atoms with Gasteiger partial charge in [-0.2, -0.15) is 0 Å². The lowest BCUT2D eigenvalue weighted by atomic mass is 10.1. The number of hydrogen-bond acceptors (Lipinski definition) is 3. The lowest BCUT2D eigenvalue weighted by molar-refractivity contribution is -0.274. The van der Waals surface area contributed by atoms with Crippen molar-refractivity contribution in [2.75, 3.05) is 31.5 Å². The van der Waals surface area contributed by atoms with Crippen LogP contribution in [-0.4, -0.2) is 43.4 Å². The molecular weight excluding hydrogens is 460 g/mol. The molecule has 1 heterocycles. The van der Waals surface area contributed by atoms with Crippen molar-refractivity contribution in [1.82, 2.24) is 4.90 Å². The van der Waals surface area contributed by atoms with Crippen LogP contribution in [0.2, 0.25) is 0 Å². The maximum Gasteiger partial charge on any atom is 0.573 e. The van der Waals surface area contributed by atoms with E-state index < -0.39 is 6.36 Å². The molecule has 0 bridgehead atoms. The van der Waals surface area contributed by atoms with Crippen LogP contribution in [0.4, 0.5) is 18.9 Å². The van der Waals surface area contributed by atoms with E-state index in [1.54, 1.807) is 0 Å². The van der Waals surface area contributed by atoms with E-state index in [1.165, 1.54) is 43.5 Å². The standard InChI is InChI=1S/C17H25F3N4O.HI/c1-13(12-24-9-3-2-4-10-24)11-22-16(21)23-14-5-7-15(8-6-14)25-17(18,19)20;/h5-8,13H,2-4,9-12H2,1H3,(H3,21,22,23);1H. The van der Waals surface area contributed by atoms with Crippen molar-refractivity contribution < 1.29 is 17.9 Å². The minimum absolute atomic E-state index is 0. The van der Waals surface area contributed by atoms with Crippen LogP contribution in [0.3, 0.4) is 0 Å².